The van der Waals surface area contributed by atoms with Gasteiger partial charge in [-0.1, -0.05) is 0 Å². The molecule has 5 rings (SSSR count). The van der Waals surface area contributed by atoms with Gasteiger partial charge in [0.1, 0.15) is 0 Å². The Kier molecular flexibility index (Phi) is 2.10. The van der Waals surface area contributed by atoms with E-state index in [9.17, 15) is 0 Å². The maximum absolute atomic E-state index is 3.59. The van der Waals surface area contributed by atoms with Crippen molar-refractivity contribution >= 4 is 0 Å². The lowest BCUT2D eigenvalue weighted by molar-refractivity contribution is -0.104. The molecule has 0 aromatic heterocycles. The van der Waals surface area contributed by atoms with Crippen molar-refractivity contribution in [1.82, 2.24) is 5.32 Å². The molecule has 0 aromatic rings. The van der Waals surface area contributed by atoms with Crippen LogP contribution in [0.1, 0.15) is 58.3 Å². The zero-order chi connectivity index (χ0) is 11.7. The number of hydrogen-bond donors (Lipinski definition) is 1. The van der Waals surface area contributed by atoms with E-state index < -0.39 is 0 Å². The molecule has 0 heterocycles. The summed E-state index contributed by atoms with van der Waals surface area (Å²) < 4.78 is 0. The highest BCUT2D eigenvalue weighted by atomic mass is 14.9. The van der Waals surface area contributed by atoms with E-state index in [1.54, 1.807) is 38.5 Å². The molecular weight excluding hydrogens is 206 g/mol. The summed E-state index contributed by atoms with van der Waals surface area (Å²) in [5.74, 6) is 3.34. The molecule has 1 unspecified atom stereocenters. The van der Waals surface area contributed by atoms with Gasteiger partial charge in [0, 0.05) is 6.04 Å². The van der Waals surface area contributed by atoms with Crippen LogP contribution in [0.2, 0.25) is 0 Å². The van der Waals surface area contributed by atoms with Gasteiger partial charge in [-0.3, -0.25) is 0 Å². The third kappa shape index (κ3) is 1.30. The summed E-state index contributed by atoms with van der Waals surface area (Å²) in [6.45, 7) is 2.45. The fourth-order valence-corrected chi connectivity index (χ4v) is 6.55. The van der Waals surface area contributed by atoms with Crippen molar-refractivity contribution < 1.29 is 0 Å². The molecule has 1 atom stereocenters. The molecule has 0 aliphatic heterocycles. The van der Waals surface area contributed by atoms with Gasteiger partial charge in [0.25, 0.3) is 0 Å². The Morgan fingerprint density at radius 1 is 0.941 bits per heavy atom. The first-order valence-electron chi connectivity index (χ1n) is 7.85. The van der Waals surface area contributed by atoms with E-state index in [0.717, 1.165) is 29.2 Å². The Balaban J connectivity index is 1.68. The SMILES string of the molecule is CNC(C)C1(C23CC4CC(CC(C4)C2)C3)CC1. The van der Waals surface area contributed by atoms with Crippen LogP contribution in [0.25, 0.3) is 0 Å². The molecule has 96 valence electrons. The quantitative estimate of drug-likeness (QED) is 0.785. The second-order valence-electron chi connectivity index (χ2n) is 7.86. The van der Waals surface area contributed by atoms with Gasteiger partial charge in [-0.2, -0.15) is 0 Å². The standard InChI is InChI=1S/C16H27N/c1-11(17-2)16(3-4-16)15-8-12-5-13(9-15)7-14(6-12)10-15/h11-14,17H,3-10H2,1-2H3. The predicted octanol–water partition coefficient (Wildman–Crippen LogP) is 3.59. The minimum absolute atomic E-state index is 0.706. The summed E-state index contributed by atoms with van der Waals surface area (Å²) in [7, 11) is 2.17. The minimum Gasteiger partial charge on any atom is -0.317 e. The van der Waals surface area contributed by atoms with Crippen LogP contribution in [0.3, 0.4) is 0 Å². The van der Waals surface area contributed by atoms with Crippen LogP contribution in [0, 0.1) is 28.6 Å². The first kappa shape index (κ1) is 10.8. The van der Waals surface area contributed by atoms with Gasteiger partial charge in [-0.05, 0) is 93.9 Å². The van der Waals surface area contributed by atoms with E-state index in [1.807, 2.05) is 0 Å². The van der Waals surface area contributed by atoms with Crippen LogP contribution >= 0.6 is 0 Å². The molecule has 17 heavy (non-hydrogen) atoms. The van der Waals surface area contributed by atoms with Crippen molar-refractivity contribution in [2.75, 3.05) is 7.05 Å². The van der Waals surface area contributed by atoms with Crippen molar-refractivity contribution in [1.29, 1.82) is 0 Å². The van der Waals surface area contributed by atoms with Gasteiger partial charge >= 0.3 is 0 Å². The highest BCUT2D eigenvalue weighted by Crippen LogP contribution is 2.73. The second kappa shape index (κ2) is 3.29. The average molecular weight is 233 g/mol. The van der Waals surface area contributed by atoms with Gasteiger partial charge in [0.2, 0.25) is 0 Å². The number of rotatable bonds is 3. The fraction of sp³-hybridized carbons (Fsp3) is 1.00. The lowest BCUT2D eigenvalue weighted by Crippen LogP contribution is -2.54. The molecule has 5 aliphatic carbocycles. The van der Waals surface area contributed by atoms with Gasteiger partial charge in [-0.15, -0.1) is 0 Å². The molecule has 4 bridgehead atoms. The van der Waals surface area contributed by atoms with Crippen LogP contribution in [0.15, 0.2) is 0 Å². The summed E-state index contributed by atoms with van der Waals surface area (Å²) in [4.78, 5) is 0. The zero-order valence-electron chi connectivity index (χ0n) is 11.5. The molecule has 1 N–H and O–H groups in total. The third-order valence-corrected chi connectivity index (χ3v) is 7.14. The minimum atomic E-state index is 0.706. The Labute approximate surface area is 106 Å². The van der Waals surface area contributed by atoms with Gasteiger partial charge < -0.3 is 5.32 Å². The van der Waals surface area contributed by atoms with Crippen molar-refractivity contribution in [2.24, 2.45) is 28.6 Å². The lowest BCUT2D eigenvalue weighted by atomic mass is 9.44. The van der Waals surface area contributed by atoms with Crippen LogP contribution < -0.4 is 5.32 Å². The molecule has 5 fully saturated rings. The van der Waals surface area contributed by atoms with E-state index in [0.29, 0.717) is 5.41 Å². The Morgan fingerprint density at radius 2 is 1.41 bits per heavy atom. The maximum atomic E-state index is 3.59. The van der Waals surface area contributed by atoms with Crippen LogP contribution in [-0.4, -0.2) is 13.1 Å². The molecule has 5 saturated carbocycles. The molecule has 0 radical (unpaired) electrons. The zero-order valence-corrected chi connectivity index (χ0v) is 11.5. The first-order chi connectivity index (χ1) is 8.17. The largest absolute Gasteiger partial charge is 0.317 e. The lowest BCUT2D eigenvalue weighted by Gasteiger charge is -2.61. The summed E-state index contributed by atoms with van der Waals surface area (Å²) in [6, 6.07) is 0.749. The van der Waals surface area contributed by atoms with E-state index in [2.05, 4.69) is 19.3 Å². The monoisotopic (exact) mass is 233 g/mol. The molecule has 0 saturated heterocycles. The molecule has 1 nitrogen and oxygen atoms in total. The van der Waals surface area contributed by atoms with Gasteiger partial charge in [-0.25, -0.2) is 0 Å². The Bertz CT molecular complexity index is 293. The Morgan fingerprint density at radius 3 is 1.76 bits per heavy atom. The van der Waals surface area contributed by atoms with E-state index in [4.69, 9.17) is 0 Å². The molecular formula is C16H27N. The van der Waals surface area contributed by atoms with Crippen molar-refractivity contribution in [3.63, 3.8) is 0 Å². The maximum Gasteiger partial charge on any atom is 0.00975 e. The van der Waals surface area contributed by atoms with Crippen LogP contribution in [-0.2, 0) is 0 Å². The molecule has 0 amide bonds. The summed E-state index contributed by atoms with van der Waals surface area (Å²) in [6.07, 6.45) is 12.6. The molecule has 0 aromatic carbocycles. The molecule has 1 heteroatoms. The highest BCUT2D eigenvalue weighted by Gasteiger charge is 2.66. The second-order valence-corrected chi connectivity index (χ2v) is 7.86. The average Bonchev–Trinajstić information content (AvgIpc) is 3.07. The van der Waals surface area contributed by atoms with E-state index in [1.165, 1.54) is 12.8 Å². The van der Waals surface area contributed by atoms with E-state index in [-0.39, 0.29) is 0 Å². The van der Waals surface area contributed by atoms with Gasteiger partial charge in [0.15, 0.2) is 0 Å². The predicted molar refractivity (Wildman–Crippen MR) is 70.8 cm³/mol. The van der Waals surface area contributed by atoms with Crippen LogP contribution in [0.4, 0.5) is 0 Å². The molecule has 0 spiro atoms. The highest BCUT2D eigenvalue weighted by molar-refractivity contribution is 5.17. The number of hydrogen-bond acceptors (Lipinski definition) is 1. The summed E-state index contributed by atoms with van der Waals surface area (Å²) in [5.41, 5.74) is 1.47. The van der Waals surface area contributed by atoms with Crippen molar-refractivity contribution in [2.45, 2.75) is 64.3 Å². The summed E-state index contributed by atoms with van der Waals surface area (Å²) in [5, 5.41) is 3.59. The fourth-order valence-electron chi connectivity index (χ4n) is 6.55. The summed E-state index contributed by atoms with van der Waals surface area (Å²) >= 11 is 0. The van der Waals surface area contributed by atoms with Crippen molar-refractivity contribution in [3.8, 4) is 0 Å². The topological polar surface area (TPSA) is 12.0 Å². The van der Waals surface area contributed by atoms with Crippen LogP contribution in [0.5, 0.6) is 0 Å². The molecule has 5 aliphatic rings. The smallest absolute Gasteiger partial charge is 0.00975 e. The normalized spacial score (nSPS) is 51.5. The van der Waals surface area contributed by atoms with Crippen molar-refractivity contribution in [3.05, 3.63) is 0 Å². The first-order valence-corrected chi connectivity index (χ1v) is 7.85. The van der Waals surface area contributed by atoms with Gasteiger partial charge in [0.05, 0.1) is 0 Å². The number of nitrogens with one attached hydrogen (secondary N) is 1. The Hall–Kier alpha value is -0.0400. The van der Waals surface area contributed by atoms with E-state index >= 15 is 0 Å². The third-order valence-electron chi connectivity index (χ3n) is 7.14.